The van der Waals surface area contributed by atoms with Gasteiger partial charge in [0, 0.05) is 37.1 Å². The van der Waals surface area contributed by atoms with Gasteiger partial charge in [0.1, 0.15) is 17.2 Å². The lowest BCUT2D eigenvalue weighted by Crippen LogP contribution is -2.43. The number of hydrogen-bond acceptors (Lipinski definition) is 4. The van der Waals surface area contributed by atoms with E-state index in [9.17, 15) is 9.59 Å². The summed E-state index contributed by atoms with van der Waals surface area (Å²) in [6.45, 7) is 5.33. The molecule has 36 heavy (non-hydrogen) atoms. The lowest BCUT2D eigenvalue weighted by molar-refractivity contribution is -0.131. The molecule has 0 spiro atoms. The zero-order valence-electron chi connectivity index (χ0n) is 20.6. The molecule has 2 aromatic carbocycles. The quantitative estimate of drug-likeness (QED) is 0.529. The molecule has 184 valence electrons. The summed E-state index contributed by atoms with van der Waals surface area (Å²) >= 11 is 0. The molecule has 3 aromatic rings. The monoisotopic (exact) mass is 484 g/mol. The molecule has 1 atom stereocenters. The van der Waals surface area contributed by atoms with Gasteiger partial charge in [-0.15, -0.1) is 0 Å². The minimum atomic E-state index is -0.952. The van der Waals surface area contributed by atoms with Crippen LogP contribution in [0.15, 0.2) is 59.7 Å². The van der Waals surface area contributed by atoms with E-state index in [0.717, 1.165) is 47.8 Å². The largest absolute Gasteiger partial charge is 0.342 e. The van der Waals surface area contributed by atoms with Crippen molar-refractivity contribution in [2.75, 3.05) is 19.6 Å². The molecule has 2 fully saturated rings. The first-order valence-corrected chi connectivity index (χ1v) is 12.7. The number of nitrogens with zero attached hydrogens (tertiary/aromatic N) is 4. The molecule has 1 aliphatic carbocycles. The second-order valence-corrected chi connectivity index (χ2v) is 10.7. The summed E-state index contributed by atoms with van der Waals surface area (Å²) in [5.74, 6) is 0.418. The van der Waals surface area contributed by atoms with Gasteiger partial charge in [-0.05, 0) is 74.4 Å². The lowest BCUT2D eigenvalue weighted by atomic mass is 10.0. The summed E-state index contributed by atoms with van der Waals surface area (Å²) in [5, 5.41) is 1.03. The van der Waals surface area contributed by atoms with E-state index in [-0.39, 0.29) is 23.7 Å². The number of fused-ring (bicyclic) bond motifs is 1. The molecule has 0 radical (unpaired) electrons. The van der Waals surface area contributed by atoms with Crippen LogP contribution in [0, 0.1) is 17.7 Å². The molecule has 1 aromatic heterocycles. The van der Waals surface area contributed by atoms with Gasteiger partial charge in [-0.2, -0.15) is 0 Å². The fraction of sp³-hybridized carbons (Fsp3) is 0.379. The van der Waals surface area contributed by atoms with Crippen LogP contribution in [0.2, 0.25) is 0 Å². The van der Waals surface area contributed by atoms with E-state index in [1.54, 1.807) is 31.0 Å². The van der Waals surface area contributed by atoms with E-state index in [2.05, 4.69) is 9.98 Å². The van der Waals surface area contributed by atoms with E-state index < -0.39 is 11.4 Å². The molecule has 1 unspecified atom stereocenters. The highest BCUT2D eigenvalue weighted by molar-refractivity contribution is 6.15. The Labute approximate surface area is 209 Å². The van der Waals surface area contributed by atoms with Gasteiger partial charge < -0.3 is 4.90 Å². The highest BCUT2D eigenvalue weighted by Gasteiger charge is 2.44. The van der Waals surface area contributed by atoms with Gasteiger partial charge in [0.2, 0.25) is 5.91 Å². The lowest BCUT2D eigenvalue weighted by Gasteiger charge is -2.25. The van der Waals surface area contributed by atoms with Gasteiger partial charge in [-0.1, -0.05) is 24.3 Å². The zero-order valence-corrected chi connectivity index (χ0v) is 20.6. The molecule has 2 aliphatic heterocycles. The Kier molecular flexibility index (Phi) is 5.39. The number of amides is 2. The Hall–Kier alpha value is -3.61. The van der Waals surface area contributed by atoms with Crippen LogP contribution in [0.3, 0.4) is 0 Å². The zero-order chi connectivity index (χ0) is 25.0. The number of benzene rings is 2. The molecule has 0 bridgehead atoms. The van der Waals surface area contributed by atoms with Crippen LogP contribution in [0.5, 0.6) is 0 Å². The van der Waals surface area contributed by atoms with E-state index in [1.165, 1.54) is 6.07 Å². The molecule has 7 heteroatoms. The summed E-state index contributed by atoms with van der Waals surface area (Å²) in [5.41, 5.74) is 1.83. The number of halogens is 1. The first-order valence-electron chi connectivity index (χ1n) is 12.7. The SMILES string of the molecule is CC1(C)N=C(c2ccc(-c3ccc4cccnc4c3)cc2F)N(CC2CCN(C(=O)C3CC3)C2)C1=O. The number of hydrogen-bond donors (Lipinski definition) is 0. The van der Waals surface area contributed by atoms with Crippen molar-refractivity contribution >= 4 is 28.6 Å². The highest BCUT2D eigenvalue weighted by atomic mass is 19.1. The second kappa shape index (κ2) is 8.50. The van der Waals surface area contributed by atoms with Gasteiger partial charge in [0.15, 0.2) is 0 Å². The van der Waals surface area contributed by atoms with Gasteiger partial charge in [-0.3, -0.25) is 24.5 Å². The first-order chi connectivity index (χ1) is 17.3. The third-order valence-corrected chi connectivity index (χ3v) is 7.52. The Morgan fingerprint density at radius 1 is 1.08 bits per heavy atom. The topological polar surface area (TPSA) is 65.9 Å². The molecule has 3 heterocycles. The minimum absolute atomic E-state index is 0.131. The van der Waals surface area contributed by atoms with Gasteiger partial charge in [0.25, 0.3) is 5.91 Å². The third kappa shape index (κ3) is 4.06. The molecule has 6 rings (SSSR count). The van der Waals surface area contributed by atoms with Crippen molar-refractivity contribution in [2.45, 2.75) is 38.6 Å². The van der Waals surface area contributed by atoms with Crippen LogP contribution >= 0.6 is 0 Å². The van der Waals surface area contributed by atoms with Crippen LogP contribution in [0.25, 0.3) is 22.0 Å². The predicted molar refractivity (Wildman–Crippen MR) is 137 cm³/mol. The van der Waals surface area contributed by atoms with Crippen molar-refractivity contribution in [3.63, 3.8) is 0 Å². The smallest absolute Gasteiger partial charge is 0.255 e. The number of aromatic nitrogens is 1. The van der Waals surface area contributed by atoms with Crippen molar-refractivity contribution < 1.29 is 14.0 Å². The van der Waals surface area contributed by atoms with E-state index in [4.69, 9.17) is 0 Å². The number of likely N-dealkylation sites (tertiary alicyclic amines) is 1. The number of pyridine rings is 1. The van der Waals surface area contributed by atoms with Crippen molar-refractivity contribution in [3.05, 3.63) is 66.1 Å². The normalized spacial score (nSPS) is 21.4. The van der Waals surface area contributed by atoms with Crippen molar-refractivity contribution in [1.29, 1.82) is 0 Å². The Morgan fingerprint density at radius 3 is 2.64 bits per heavy atom. The molecule has 0 N–H and O–H groups in total. The van der Waals surface area contributed by atoms with E-state index >= 15 is 4.39 Å². The molecular formula is C29H29FN4O2. The second-order valence-electron chi connectivity index (χ2n) is 10.7. The number of carbonyl (C=O) groups is 2. The Balaban J connectivity index is 1.26. The molecule has 1 saturated carbocycles. The van der Waals surface area contributed by atoms with Crippen LogP contribution in [-0.4, -0.2) is 57.6 Å². The summed E-state index contributed by atoms with van der Waals surface area (Å²) in [6.07, 6.45) is 4.56. The summed E-state index contributed by atoms with van der Waals surface area (Å²) in [7, 11) is 0. The van der Waals surface area contributed by atoms with Crippen molar-refractivity contribution in [1.82, 2.24) is 14.8 Å². The van der Waals surface area contributed by atoms with Gasteiger partial charge in [0.05, 0.1) is 11.1 Å². The maximum atomic E-state index is 15.5. The maximum absolute atomic E-state index is 15.5. The predicted octanol–water partition coefficient (Wildman–Crippen LogP) is 4.67. The van der Waals surface area contributed by atoms with Crippen LogP contribution in [0.1, 0.15) is 38.7 Å². The fourth-order valence-electron chi connectivity index (χ4n) is 5.32. The first kappa shape index (κ1) is 22.8. The molecule has 2 amide bonds. The average Bonchev–Trinajstić information content (AvgIpc) is 3.58. The number of carbonyl (C=O) groups excluding carboxylic acids is 2. The van der Waals surface area contributed by atoms with Gasteiger partial charge >= 0.3 is 0 Å². The van der Waals surface area contributed by atoms with Crippen molar-refractivity contribution in [3.8, 4) is 11.1 Å². The van der Waals surface area contributed by atoms with E-state index in [0.29, 0.717) is 24.5 Å². The van der Waals surface area contributed by atoms with Crippen LogP contribution in [0.4, 0.5) is 4.39 Å². The number of rotatable bonds is 5. The standard InChI is InChI=1S/C29H29FN4O2/c1-29(2)28(36)34(17-18-11-13-33(16-18)27(35)20-6-7-20)26(32-29)23-10-9-21(14-24(23)30)22-8-5-19-4-3-12-31-25(19)15-22/h3-5,8-10,12,14-15,18,20H,6-7,11,13,16-17H2,1-2H3. The average molecular weight is 485 g/mol. The molecular weight excluding hydrogens is 455 g/mol. The summed E-state index contributed by atoms with van der Waals surface area (Å²) in [6, 6.07) is 14.8. The summed E-state index contributed by atoms with van der Waals surface area (Å²) in [4.78, 5) is 38.4. The summed E-state index contributed by atoms with van der Waals surface area (Å²) < 4.78 is 15.5. The maximum Gasteiger partial charge on any atom is 0.255 e. The highest BCUT2D eigenvalue weighted by Crippen LogP contribution is 2.34. The van der Waals surface area contributed by atoms with E-state index in [1.807, 2.05) is 41.3 Å². The minimum Gasteiger partial charge on any atom is -0.342 e. The Bertz CT molecular complexity index is 1410. The van der Waals surface area contributed by atoms with Gasteiger partial charge in [-0.25, -0.2) is 4.39 Å². The van der Waals surface area contributed by atoms with Crippen molar-refractivity contribution in [2.24, 2.45) is 16.8 Å². The fourth-order valence-corrected chi connectivity index (χ4v) is 5.32. The van der Waals surface area contributed by atoms with Crippen LogP contribution in [-0.2, 0) is 9.59 Å². The molecule has 6 nitrogen and oxygen atoms in total. The third-order valence-electron chi connectivity index (χ3n) is 7.52. The molecule has 3 aliphatic rings. The number of aliphatic imine (C=N–C) groups is 1. The Morgan fingerprint density at radius 2 is 1.86 bits per heavy atom. The molecule has 1 saturated heterocycles. The number of amidine groups is 1. The van der Waals surface area contributed by atoms with Crippen LogP contribution < -0.4 is 0 Å².